The van der Waals surface area contributed by atoms with Gasteiger partial charge in [0.25, 0.3) is 5.91 Å². The first-order chi connectivity index (χ1) is 16.3. The van der Waals surface area contributed by atoms with Crippen LogP contribution in [0.2, 0.25) is 0 Å². The van der Waals surface area contributed by atoms with Gasteiger partial charge >= 0.3 is 6.09 Å². The van der Waals surface area contributed by atoms with Crippen LogP contribution in [0, 0.1) is 0 Å². The number of amides is 2. The van der Waals surface area contributed by atoms with Gasteiger partial charge in [-0.2, -0.15) is 10.2 Å². The molecule has 0 fully saturated rings. The second-order valence-corrected chi connectivity index (χ2v) is 8.08. The molecule has 2 aromatic rings. The maximum atomic E-state index is 12.2. The topological polar surface area (TPSA) is 150 Å². The summed E-state index contributed by atoms with van der Waals surface area (Å²) in [5.41, 5.74) is 9.38. The fourth-order valence-electron chi connectivity index (χ4n) is 2.53. The zero-order valence-corrected chi connectivity index (χ0v) is 19.5. The minimum absolute atomic E-state index is 0.256. The van der Waals surface area contributed by atoms with Gasteiger partial charge in [-0.05, 0) is 81.3 Å². The highest BCUT2D eigenvalue weighted by atomic mass is 16.6. The van der Waals surface area contributed by atoms with E-state index in [1.165, 1.54) is 0 Å². The number of azide groups is 1. The Bertz CT molecular complexity index is 1010. The Hall–Kier alpha value is -4.11. The normalized spacial score (nSPS) is 10.9. The van der Waals surface area contributed by atoms with Crippen molar-refractivity contribution in [2.24, 2.45) is 15.3 Å². The number of hydrogen-bond donors (Lipinski definition) is 2. The average Bonchev–Trinajstić information content (AvgIpc) is 2.80. The Balaban J connectivity index is 1.75. The van der Waals surface area contributed by atoms with E-state index in [0.29, 0.717) is 42.3 Å². The number of alkyl carbamates (subject to hydrolysis) is 1. The van der Waals surface area contributed by atoms with Gasteiger partial charge < -0.3 is 20.1 Å². The van der Waals surface area contributed by atoms with Crippen LogP contribution in [0.5, 0.6) is 5.75 Å². The van der Waals surface area contributed by atoms with Crippen molar-refractivity contribution >= 4 is 23.4 Å². The molecule has 2 amide bonds. The molecule has 0 heterocycles. The van der Waals surface area contributed by atoms with Crippen molar-refractivity contribution in [3.8, 4) is 5.75 Å². The Morgan fingerprint density at radius 1 is 0.941 bits per heavy atom. The monoisotopic (exact) mass is 467 g/mol. The molecule has 180 valence electrons. The van der Waals surface area contributed by atoms with Crippen LogP contribution in [-0.4, -0.2) is 43.8 Å². The lowest BCUT2D eigenvalue weighted by Gasteiger charge is -2.19. The van der Waals surface area contributed by atoms with E-state index in [9.17, 15) is 9.59 Å². The molecule has 0 bridgehead atoms. The van der Waals surface area contributed by atoms with Gasteiger partial charge in [-0.1, -0.05) is 5.11 Å². The van der Waals surface area contributed by atoms with E-state index in [1.54, 1.807) is 69.3 Å². The number of hydrogen-bond acceptors (Lipinski definition) is 7. The lowest BCUT2D eigenvalue weighted by Crippen LogP contribution is -2.37. The molecule has 2 N–H and O–H groups in total. The molecule has 2 rings (SSSR count). The first kappa shape index (κ1) is 26.1. The number of benzene rings is 2. The number of rotatable bonds is 11. The largest absolute Gasteiger partial charge is 0.494 e. The van der Waals surface area contributed by atoms with E-state index in [4.69, 9.17) is 15.0 Å². The van der Waals surface area contributed by atoms with Gasteiger partial charge in [0.15, 0.2) is 0 Å². The van der Waals surface area contributed by atoms with Crippen LogP contribution in [0.3, 0.4) is 0 Å². The summed E-state index contributed by atoms with van der Waals surface area (Å²) in [6, 6.07) is 13.8. The number of azo groups is 1. The van der Waals surface area contributed by atoms with Gasteiger partial charge in [0, 0.05) is 30.1 Å². The third-order valence-electron chi connectivity index (χ3n) is 4.06. The minimum atomic E-state index is -0.570. The number of nitrogens with zero attached hydrogens (tertiary/aromatic N) is 5. The van der Waals surface area contributed by atoms with Crippen LogP contribution in [0.15, 0.2) is 63.9 Å². The third kappa shape index (κ3) is 10.5. The maximum Gasteiger partial charge on any atom is 0.407 e. The SMILES string of the molecule is CC(C)(C)OC(=O)NCCNC(=O)c1ccc(/N=N/c2ccc(OCCCN=[N+]=[N-])cc2)cc1. The van der Waals surface area contributed by atoms with Crippen LogP contribution in [0.4, 0.5) is 16.2 Å². The molecule has 0 saturated heterocycles. The molecule has 0 aliphatic rings. The summed E-state index contributed by atoms with van der Waals surface area (Å²) >= 11 is 0. The molecule has 0 atom stereocenters. The van der Waals surface area contributed by atoms with Crippen LogP contribution in [-0.2, 0) is 4.74 Å². The highest BCUT2D eigenvalue weighted by Crippen LogP contribution is 2.21. The smallest absolute Gasteiger partial charge is 0.407 e. The number of carbonyl (C=O) groups excluding carboxylic acids is 2. The van der Waals surface area contributed by atoms with Gasteiger partial charge in [-0.3, -0.25) is 4.79 Å². The van der Waals surface area contributed by atoms with Crippen molar-refractivity contribution in [3.63, 3.8) is 0 Å². The molecular weight excluding hydrogens is 438 g/mol. The molecule has 0 radical (unpaired) electrons. The molecule has 34 heavy (non-hydrogen) atoms. The van der Waals surface area contributed by atoms with Gasteiger partial charge in [0.2, 0.25) is 0 Å². The first-order valence-electron chi connectivity index (χ1n) is 10.8. The Kier molecular flexibility index (Phi) is 10.3. The fraction of sp³-hybridized carbons (Fsp3) is 0.391. The summed E-state index contributed by atoms with van der Waals surface area (Å²) in [7, 11) is 0. The van der Waals surface area contributed by atoms with Gasteiger partial charge in [-0.25, -0.2) is 4.79 Å². The van der Waals surface area contributed by atoms with Crippen LogP contribution < -0.4 is 15.4 Å². The van der Waals surface area contributed by atoms with E-state index in [-0.39, 0.29) is 19.0 Å². The van der Waals surface area contributed by atoms with Crippen LogP contribution in [0.1, 0.15) is 37.6 Å². The predicted molar refractivity (Wildman–Crippen MR) is 128 cm³/mol. The van der Waals surface area contributed by atoms with E-state index in [0.717, 1.165) is 0 Å². The second-order valence-electron chi connectivity index (χ2n) is 8.08. The summed E-state index contributed by atoms with van der Waals surface area (Å²) < 4.78 is 10.7. The van der Waals surface area contributed by atoms with Crippen molar-refractivity contribution in [3.05, 3.63) is 64.5 Å². The van der Waals surface area contributed by atoms with Crippen molar-refractivity contribution in [2.45, 2.75) is 32.8 Å². The van der Waals surface area contributed by atoms with E-state index in [2.05, 4.69) is 30.9 Å². The van der Waals surface area contributed by atoms with Crippen LogP contribution >= 0.6 is 0 Å². The lowest BCUT2D eigenvalue weighted by atomic mass is 10.2. The number of ether oxygens (including phenoxy) is 2. The minimum Gasteiger partial charge on any atom is -0.494 e. The second kappa shape index (κ2) is 13.4. The highest BCUT2D eigenvalue weighted by Gasteiger charge is 2.15. The Morgan fingerprint density at radius 3 is 2.12 bits per heavy atom. The Morgan fingerprint density at radius 2 is 1.53 bits per heavy atom. The summed E-state index contributed by atoms with van der Waals surface area (Å²) in [5.74, 6) is 0.432. The zero-order valence-electron chi connectivity index (χ0n) is 19.5. The molecule has 0 aliphatic carbocycles. The highest BCUT2D eigenvalue weighted by molar-refractivity contribution is 5.94. The van der Waals surface area contributed by atoms with E-state index < -0.39 is 11.7 Å². The molecule has 11 nitrogen and oxygen atoms in total. The number of nitrogens with one attached hydrogen (secondary N) is 2. The van der Waals surface area contributed by atoms with E-state index in [1.807, 2.05) is 0 Å². The molecule has 2 aromatic carbocycles. The van der Waals surface area contributed by atoms with Gasteiger partial charge in [0.05, 0.1) is 18.0 Å². The molecule has 0 saturated carbocycles. The maximum absolute atomic E-state index is 12.2. The Labute approximate surface area is 198 Å². The van der Waals surface area contributed by atoms with Crippen molar-refractivity contribution in [1.29, 1.82) is 0 Å². The summed E-state index contributed by atoms with van der Waals surface area (Å²) in [6.07, 6.45) is 0.114. The molecule has 11 heteroatoms. The summed E-state index contributed by atoms with van der Waals surface area (Å²) in [6.45, 7) is 6.72. The van der Waals surface area contributed by atoms with Crippen LogP contribution in [0.25, 0.3) is 10.4 Å². The average molecular weight is 468 g/mol. The molecule has 0 aromatic heterocycles. The standard InChI is InChI=1S/C23H29N7O4/c1-23(2,3)34-22(32)26-15-14-25-21(31)17-5-7-18(8-6-17)28-29-19-9-11-20(12-10-19)33-16-4-13-27-30-24/h5-12H,4,13-16H2,1-3H3,(H,25,31)(H,26,32)/b29-28+. The molecular formula is C23H29N7O4. The number of carbonyl (C=O) groups is 2. The van der Waals surface area contributed by atoms with Gasteiger partial charge in [-0.15, -0.1) is 0 Å². The predicted octanol–water partition coefficient (Wildman–Crippen LogP) is 5.44. The van der Waals surface area contributed by atoms with Crippen molar-refractivity contribution < 1.29 is 19.1 Å². The molecule has 0 aliphatic heterocycles. The van der Waals surface area contributed by atoms with Gasteiger partial charge in [0.1, 0.15) is 11.4 Å². The summed E-state index contributed by atoms with van der Waals surface area (Å²) in [5, 5.41) is 17.1. The van der Waals surface area contributed by atoms with E-state index >= 15 is 0 Å². The van der Waals surface area contributed by atoms with Crippen molar-refractivity contribution in [1.82, 2.24) is 10.6 Å². The zero-order chi connectivity index (χ0) is 24.8. The summed E-state index contributed by atoms with van der Waals surface area (Å²) in [4.78, 5) is 26.5. The molecule has 0 spiro atoms. The first-order valence-corrected chi connectivity index (χ1v) is 10.8. The quantitative estimate of drug-likeness (QED) is 0.196. The third-order valence-corrected chi connectivity index (χ3v) is 4.06. The lowest BCUT2D eigenvalue weighted by molar-refractivity contribution is 0.0526. The fourth-order valence-corrected chi connectivity index (χ4v) is 2.53. The van der Waals surface area contributed by atoms with Crippen molar-refractivity contribution in [2.75, 3.05) is 26.2 Å². The molecule has 0 unspecified atom stereocenters.